The Kier molecular flexibility index (Phi) is 5.02. The summed E-state index contributed by atoms with van der Waals surface area (Å²) in [6, 6.07) is 8.28. The number of methoxy groups -OCH3 is 1. The summed E-state index contributed by atoms with van der Waals surface area (Å²) >= 11 is 0. The first-order valence-corrected chi connectivity index (χ1v) is 6.80. The molecule has 0 bridgehead atoms. The molecule has 1 aromatic carbocycles. The molecule has 0 saturated carbocycles. The first kappa shape index (κ1) is 13.4. The SMILES string of the molecule is COc1ccccc1CN(C)C[C@H]1CCCNC1. The van der Waals surface area contributed by atoms with Gasteiger partial charge in [0.15, 0.2) is 0 Å². The Morgan fingerprint density at radius 1 is 1.39 bits per heavy atom. The van der Waals surface area contributed by atoms with Crippen molar-refractivity contribution in [2.24, 2.45) is 5.92 Å². The van der Waals surface area contributed by atoms with Crippen LogP contribution in [0, 0.1) is 5.92 Å². The van der Waals surface area contributed by atoms with Gasteiger partial charge in [0, 0.05) is 18.7 Å². The minimum atomic E-state index is 0.790. The predicted octanol–water partition coefficient (Wildman–Crippen LogP) is 2.13. The fourth-order valence-corrected chi connectivity index (χ4v) is 2.71. The van der Waals surface area contributed by atoms with Crippen LogP contribution in [0.3, 0.4) is 0 Å². The minimum absolute atomic E-state index is 0.790. The zero-order valence-electron chi connectivity index (χ0n) is 11.5. The summed E-state index contributed by atoms with van der Waals surface area (Å²) in [6.45, 7) is 4.47. The molecule has 1 aliphatic rings. The number of hydrogen-bond donors (Lipinski definition) is 1. The van der Waals surface area contributed by atoms with E-state index in [1.54, 1.807) is 7.11 Å². The third-order valence-electron chi connectivity index (χ3n) is 3.60. The third kappa shape index (κ3) is 3.72. The van der Waals surface area contributed by atoms with Gasteiger partial charge >= 0.3 is 0 Å². The van der Waals surface area contributed by atoms with E-state index in [1.165, 1.54) is 24.9 Å². The predicted molar refractivity (Wildman–Crippen MR) is 74.9 cm³/mol. The van der Waals surface area contributed by atoms with Gasteiger partial charge in [-0.05, 0) is 45.0 Å². The molecule has 3 nitrogen and oxygen atoms in total. The topological polar surface area (TPSA) is 24.5 Å². The molecule has 2 rings (SSSR count). The van der Waals surface area contributed by atoms with Crippen LogP contribution in [-0.2, 0) is 6.54 Å². The van der Waals surface area contributed by atoms with E-state index in [-0.39, 0.29) is 0 Å². The minimum Gasteiger partial charge on any atom is -0.496 e. The van der Waals surface area contributed by atoms with Crippen molar-refractivity contribution in [3.8, 4) is 5.75 Å². The zero-order valence-corrected chi connectivity index (χ0v) is 11.5. The maximum atomic E-state index is 5.40. The lowest BCUT2D eigenvalue weighted by Crippen LogP contribution is -2.36. The molecule has 18 heavy (non-hydrogen) atoms. The van der Waals surface area contributed by atoms with Crippen molar-refractivity contribution in [3.05, 3.63) is 29.8 Å². The van der Waals surface area contributed by atoms with Crippen LogP contribution in [0.2, 0.25) is 0 Å². The van der Waals surface area contributed by atoms with E-state index in [4.69, 9.17) is 4.74 Å². The highest BCUT2D eigenvalue weighted by atomic mass is 16.5. The van der Waals surface area contributed by atoms with E-state index in [9.17, 15) is 0 Å². The van der Waals surface area contributed by atoms with Gasteiger partial charge in [-0.15, -0.1) is 0 Å². The van der Waals surface area contributed by atoms with E-state index < -0.39 is 0 Å². The number of hydrogen-bond acceptors (Lipinski definition) is 3. The lowest BCUT2D eigenvalue weighted by atomic mass is 9.99. The lowest BCUT2D eigenvalue weighted by Gasteiger charge is -2.27. The average molecular weight is 248 g/mol. The van der Waals surface area contributed by atoms with E-state index >= 15 is 0 Å². The molecule has 1 N–H and O–H groups in total. The summed E-state index contributed by atoms with van der Waals surface area (Å²) in [5, 5.41) is 3.48. The molecule has 3 heteroatoms. The van der Waals surface area contributed by atoms with Crippen LogP contribution in [0.15, 0.2) is 24.3 Å². The van der Waals surface area contributed by atoms with E-state index in [0.29, 0.717) is 0 Å². The van der Waals surface area contributed by atoms with Crippen molar-refractivity contribution in [2.75, 3.05) is 33.8 Å². The third-order valence-corrected chi connectivity index (χ3v) is 3.60. The summed E-state index contributed by atoms with van der Waals surface area (Å²) in [5.74, 6) is 1.78. The second-order valence-electron chi connectivity index (χ2n) is 5.22. The monoisotopic (exact) mass is 248 g/mol. The Morgan fingerprint density at radius 3 is 2.94 bits per heavy atom. The zero-order chi connectivity index (χ0) is 12.8. The Morgan fingerprint density at radius 2 is 2.22 bits per heavy atom. The number of rotatable bonds is 5. The lowest BCUT2D eigenvalue weighted by molar-refractivity contribution is 0.235. The second-order valence-corrected chi connectivity index (χ2v) is 5.22. The number of nitrogens with one attached hydrogen (secondary N) is 1. The standard InChI is InChI=1S/C15H24N2O/c1-17(11-13-6-5-9-16-10-13)12-14-7-3-4-8-15(14)18-2/h3-4,7-8,13,16H,5-6,9-12H2,1-2H3/t13-/m0/s1. The summed E-state index contributed by atoms with van der Waals surface area (Å²) in [7, 11) is 3.94. The quantitative estimate of drug-likeness (QED) is 0.864. The van der Waals surface area contributed by atoms with Gasteiger partial charge in [0.2, 0.25) is 0 Å². The van der Waals surface area contributed by atoms with Crippen LogP contribution in [0.25, 0.3) is 0 Å². The Bertz CT molecular complexity index is 361. The smallest absolute Gasteiger partial charge is 0.123 e. The van der Waals surface area contributed by atoms with E-state index in [1.807, 2.05) is 12.1 Å². The molecule has 1 heterocycles. The van der Waals surface area contributed by atoms with E-state index in [0.717, 1.165) is 31.3 Å². The molecule has 1 atom stereocenters. The fraction of sp³-hybridized carbons (Fsp3) is 0.600. The van der Waals surface area contributed by atoms with Gasteiger partial charge < -0.3 is 15.0 Å². The van der Waals surface area contributed by atoms with Crippen molar-refractivity contribution < 1.29 is 4.74 Å². The summed E-state index contributed by atoms with van der Waals surface area (Å²) in [5.41, 5.74) is 1.27. The maximum absolute atomic E-state index is 5.40. The summed E-state index contributed by atoms with van der Waals surface area (Å²) in [6.07, 6.45) is 2.66. The molecule has 1 aromatic rings. The molecule has 1 aliphatic heterocycles. The molecule has 1 saturated heterocycles. The molecule has 0 amide bonds. The summed E-state index contributed by atoms with van der Waals surface area (Å²) in [4.78, 5) is 2.40. The molecule has 1 fully saturated rings. The molecule has 0 unspecified atom stereocenters. The van der Waals surface area contributed by atoms with Crippen molar-refractivity contribution in [1.82, 2.24) is 10.2 Å². The van der Waals surface area contributed by atoms with E-state index in [2.05, 4.69) is 29.4 Å². The average Bonchev–Trinajstić information content (AvgIpc) is 2.40. The first-order chi connectivity index (χ1) is 8.79. The Balaban J connectivity index is 1.87. The van der Waals surface area contributed by atoms with Crippen molar-refractivity contribution in [2.45, 2.75) is 19.4 Å². The maximum Gasteiger partial charge on any atom is 0.123 e. The van der Waals surface area contributed by atoms with Crippen LogP contribution in [0.4, 0.5) is 0 Å². The molecule has 0 aromatic heterocycles. The first-order valence-electron chi connectivity index (χ1n) is 6.80. The Hall–Kier alpha value is -1.06. The highest BCUT2D eigenvalue weighted by Gasteiger charge is 2.15. The number of para-hydroxylation sites is 1. The van der Waals surface area contributed by atoms with Crippen LogP contribution < -0.4 is 10.1 Å². The Labute approximate surface area is 110 Å². The normalized spacial score (nSPS) is 20.1. The van der Waals surface area contributed by atoms with Gasteiger partial charge in [0.1, 0.15) is 5.75 Å². The molecule has 100 valence electrons. The highest BCUT2D eigenvalue weighted by molar-refractivity contribution is 5.32. The number of nitrogens with zero attached hydrogens (tertiary/aromatic N) is 1. The van der Waals surface area contributed by atoms with Crippen molar-refractivity contribution in [1.29, 1.82) is 0 Å². The van der Waals surface area contributed by atoms with Crippen LogP contribution >= 0.6 is 0 Å². The molecule has 0 spiro atoms. The molecule has 0 aliphatic carbocycles. The summed E-state index contributed by atoms with van der Waals surface area (Å²) < 4.78 is 5.40. The van der Waals surface area contributed by atoms with Gasteiger partial charge in [-0.1, -0.05) is 18.2 Å². The van der Waals surface area contributed by atoms with Gasteiger partial charge in [-0.2, -0.15) is 0 Å². The van der Waals surface area contributed by atoms with Crippen molar-refractivity contribution >= 4 is 0 Å². The number of ether oxygens (including phenoxy) is 1. The molecular formula is C15H24N2O. The highest BCUT2D eigenvalue weighted by Crippen LogP contribution is 2.20. The largest absolute Gasteiger partial charge is 0.496 e. The van der Waals surface area contributed by atoms with Gasteiger partial charge in [-0.25, -0.2) is 0 Å². The van der Waals surface area contributed by atoms with Gasteiger partial charge in [0.05, 0.1) is 7.11 Å². The number of benzene rings is 1. The molecule has 0 radical (unpaired) electrons. The van der Waals surface area contributed by atoms with Crippen molar-refractivity contribution in [3.63, 3.8) is 0 Å². The van der Waals surface area contributed by atoms with Crippen LogP contribution in [0.5, 0.6) is 5.75 Å². The second kappa shape index (κ2) is 6.76. The van der Waals surface area contributed by atoms with Gasteiger partial charge in [-0.3, -0.25) is 0 Å². The van der Waals surface area contributed by atoms with Crippen LogP contribution in [0.1, 0.15) is 18.4 Å². The molecular weight excluding hydrogens is 224 g/mol. The number of piperidine rings is 1. The van der Waals surface area contributed by atoms with Gasteiger partial charge in [0.25, 0.3) is 0 Å². The van der Waals surface area contributed by atoms with Crippen LogP contribution in [-0.4, -0.2) is 38.7 Å². The fourth-order valence-electron chi connectivity index (χ4n) is 2.71.